The Morgan fingerprint density at radius 1 is 1.39 bits per heavy atom. The van der Waals surface area contributed by atoms with E-state index in [0.717, 1.165) is 5.56 Å². The van der Waals surface area contributed by atoms with Crippen LogP contribution in [-0.2, 0) is 4.79 Å². The summed E-state index contributed by atoms with van der Waals surface area (Å²) in [5.41, 5.74) is 8.60. The Labute approximate surface area is 104 Å². The van der Waals surface area contributed by atoms with Crippen LogP contribution in [0.2, 0.25) is 0 Å². The van der Waals surface area contributed by atoms with Gasteiger partial charge in [0.25, 0.3) is 0 Å². The molecule has 0 saturated carbocycles. The molecule has 0 fully saturated rings. The minimum absolute atomic E-state index is 0.104. The fraction of sp³-hybridized carbons (Fsp3) is 0. The molecule has 1 rings (SSSR count). The van der Waals surface area contributed by atoms with Crippen molar-refractivity contribution in [3.8, 4) is 6.07 Å². The molecule has 0 heterocycles. The van der Waals surface area contributed by atoms with Gasteiger partial charge in [0.1, 0.15) is 5.70 Å². The highest BCUT2D eigenvalue weighted by atomic mass is 16.4. The van der Waals surface area contributed by atoms with Crippen LogP contribution in [0.1, 0.15) is 11.1 Å². The largest absolute Gasteiger partial charge is 0.477 e. The number of carbonyl (C=O) groups is 1. The van der Waals surface area contributed by atoms with E-state index in [-0.39, 0.29) is 11.4 Å². The summed E-state index contributed by atoms with van der Waals surface area (Å²) in [6.07, 6.45) is 3.08. The van der Waals surface area contributed by atoms with Crippen molar-refractivity contribution in [1.82, 2.24) is 5.43 Å². The average Bonchev–Trinajstić information content (AvgIpc) is 2.39. The van der Waals surface area contributed by atoms with Gasteiger partial charge in [-0.3, -0.25) is 5.84 Å². The molecule has 0 atom stereocenters. The zero-order valence-corrected chi connectivity index (χ0v) is 9.42. The third-order valence-electron chi connectivity index (χ3n) is 2.16. The zero-order chi connectivity index (χ0) is 13.5. The number of nitriles is 1. The molecule has 92 valence electrons. The van der Waals surface area contributed by atoms with E-state index in [1.165, 1.54) is 6.08 Å². The van der Waals surface area contributed by atoms with Gasteiger partial charge in [0.15, 0.2) is 0 Å². The first-order valence-corrected chi connectivity index (χ1v) is 4.96. The van der Waals surface area contributed by atoms with Gasteiger partial charge in [-0.1, -0.05) is 18.2 Å². The maximum Gasteiger partial charge on any atom is 0.353 e. The lowest BCUT2D eigenvalue weighted by molar-refractivity contribution is -0.132. The molecule has 1 aromatic rings. The molecule has 0 saturated heterocycles. The molecule has 0 amide bonds. The van der Waals surface area contributed by atoms with Crippen molar-refractivity contribution in [2.24, 2.45) is 11.6 Å². The maximum atomic E-state index is 10.6. The first-order chi connectivity index (χ1) is 8.58. The van der Waals surface area contributed by atoms with E-state index in [9.17, 15) is 4.79 Å². The molecule has 6 N–H and O–H groups in total. The molecular weight excluding hydrogens is 232 g/mol. The molecule has 0 aliphatic heterocycles. The number of hydrogen-bond acceptors (Lipinski definition) is 5. The van der Waals surface area contributed by atoms with Gasteiger partial charge < -0.3 is 16.3 Å². The highest BCUT2D eigenvalue weighted by Gasteiger charge is 2.06. The lowest BCUT2D eigenvalue weighted by atomic mass is 10.1. The van der Waals surface area contributed by atoms with Crippen LogP contribution >= 0.6 is 0 Å². The van der Waals surface area contributed by atoms with Crippen molar-refractivity contribution in [3.63, 3.8) is 0 Å². The van der Waals surface area contributed by atoms with E-state index >= 15 is 0 Å². The Bertz CT molecular complexity index is 538. The summed E-state index contributed by atoms with van der Waals surface area (Å²) < 4.78 is 0. The van der Waals surface area contributed by atoms with Gasteiger partial charge in [0, 0.05) is 0 Å². The van der Waals surface area contributed by atoms with Crippen LogP contribution in [0.3, 0.4) is 0 Å². The monoisotopic (exact) mass is 244 g/mol. The van der Waals surface area contributed by atoms with E-state index in [0.29, 0.717) is 5.56 Å². The average molecular weight is 244 g/mol. The van der Waals surface area contributed by atoms with Crippen molar-refractivity contribution in [2.75, 3.05) is 0 Å². The minimum Gasteiger partial charge on any atom is -0.477 e. The molecule has 18 heavy (non-hydrogen) atoms. The quantitative estimate of drug-likeness (QED) is 0.261. The summed E-state index contributed by atoms with van der Waals surface area (Å²) in [4.78, 5) is 10.6. The lowest BCUT2D eigenvalue weighted by Crippen LogP contribution is -2.26. The molecule has 0 bridgehead atoms. The number of rotatable bonds is 4. The summed E-state index contributed by atoms with van der Waals surface area (Å²) in [5, 5.41) is 17.3. The molecule has 6 nitrogen and oxygen atoms in total. The Kier molecular flexibility index (Phi) is 4.49. The molecule has 6 heteroatoms. The number of nitrogens with zero attached hydrogens (tertiary/aromatic N) is 1. The third kappa shape index (κ3) is 3.37. The van der Waals surface area contributed by atoms with Gasteiger partial charge in [0.2, 0.25) is 0 Å². The fourth-order valence-electron chi connectivity index (χ4n) is 1.18. The molecule has 0 aromatic heterocycles. The number of allylic oxidation sites excluding steroid dienone is 1. The maximum absolute atomic E-state index is 10.6. The van der Waals surface area contributed by atoms with Crippen LogP contribution in [0.4, 0.5) is 0 Å². The third-order valence-corrected chi connectivity index (χ3v) is 2.16. The van der Waals surface area contributed by atoms with Crippen molar-refractivity contribution < 1.29 is 9.90 Å². The van der Waals surface area contributed by atoms with Gasteiger partial charge in [-0.05, 0) is 23.8 Å². The molecule has 0 aliphatic carbocycles. The number of hydrazine groups is 1. The standard InChI is InChI=1S/C12H12N4O2/c13-7-9-3-1-8(2-4-9)5-6-10(16-15)11(14)12(17)18/h1-6,16H,14-15H2,(H,17,18)/b6-5+,11-10-. The topological polar surface area (TPSA) is 125 Å². The van der Waals surface area contributed by atoms with E-state index in [1.54, 1.807) is 30.3 Å². The second kappa shape index (κ2) is 6.08. The van der Waals surface area contributed by atoms with Crippen LogP contribution in [0, 0.1) is 11.3 Å². The van der Waals surface area contributed by atoms with E-state index in [1.807, 2.05) is 6.07 Å². The molecule has 0 unspecified atom stereocenters. The number of nitrogens with one attached hydrogen (secondary N) is 1. The van der Waals surface area contributed by atoms with Gasteiger partial charge in [-0.2, -0.15) is 5.26 Å². The van der Waals surface area contributed by atoms with Crippen LogP contribution in [-0.4, -0.2) is 11.1 Å². The lowest BCUT2D eigenvalue weighted by Gasteiger charge is -2.03. The van der Waals surface area contributed by atoms with Crippen LogP contribution in [0.5, 0.6) is 0 Å². The second-order valence-corrected chi connectivity index (χ2v) is 3.34. The molecular formula is C12H12N4O2. The summed E-state index contributed by atoms with van der Waals surface area (Å²) >= 11 is 0. The number of benzene rings is 1. The molecule has 0 aliphatic rings. The Balaban J connectivity index is 2.94. The normalized spacial score (nSPS) is 11.8. The van der Waals surface area contributed by atoms with Crippen molar-refractivity contribution in [1.29, 1.82) is 5.26 Å². The molecule has 0 radical (unpaired) electrons. The second-order valence-electron chi connectivity index (χ2n) is 3.34. The van der Waals surface area contributed by atoms with Gasteiger partial charge in [-0.25, -0.2) is 4.79 Å². The Hall–Kier alpha value is -2.78. The van der Waals surface area contributed by atoms with Crippen molar-refractivity contribution in [3.05, 3.63) is 52.9 Å². The SMILES string of the molecule is N#Cc1ccc(/C=C/C(NN)=C(/N)C(=O)O)cc1. The summed E-state index contributed by atoms with van der Waals surface area (Å²) in [6.45, 7) is 0. The Morgan fingerprint density at radius 2 is 2.00 bits per heavy atom. The first kappa shape index (κ1) is 13.3. The van der Waals surface area contributed by atoms with Crippen LogP contribution in [0.25, 0.3) is 6.08 Å². The number of carboxylic acid groups (broad SMARTS) is 1. The fourth-order valence-corrected chi connectivity index (χ4v) is 1.18. The van der Waals surface area contributed by atoms with Crippen LogP contribution in [0.15, 0.2) is 41.7 Å². The first-order valence-electron chi connectivity index (χ1n) is 4.96. The van der Waals surface area contributed by atoms with E-state index < -0.39 is 5.97 Å². The van der Waals surface area contributed by atoms with E-state index in [2.05, 4.69) is 5.43 Å². The predicted molar refractivity (Wildman–Crippen MR) is 66.4 cm³/mol. The number of nitrogens with two attached hydrogens (primary N) is 2. The van der Waals surface area contributed by atoms with Crippen LogP contribution < -0.4 is 17.0 Å². The van der Waals surface area contributed by atoms with Crippen molar-refractivity contribution in [2.45, 2.75) is 0 Å². The van der Waals surface area contributed by atoms with E-state index in [4.69, 9.17) is 21.9 Å². The summed E-state index contributed by atoms with van der Waals surface area (Å²) in [6, 6.07) is 8.75. The highest BCUT2D eigenvalue weighted by Crippen LogP contribution is 2.07. The Morgan fingerprint density at radius 3 is 2.44 bits per heavy atom. The predicted octanol–water partition coefficient (Wildman–Crippen LogP) is 0.290. The van der Waals surface area contributed by atoms with Gasteiger partial charge >= 0.3 is 5.97 Å². The molecule has 0 spiro atoms. The smallest absolute Gasteiger partial charge is 0.353 e. The highest BCUT2D eigenvalue weighted by molar-refractivity contribution is 5.87. The summed E-state index contributed by atoms with van der Waals surface area (Å²) in [7, 11) is 0. The zero-order valence-electron chi connectivity index (χ0n) is 9.42. The number of aliphatic carboxylic acids is 1. The minimum atomic E-state index is -1.26. The van der Waals surface area contributed by atoms with Gasteiger partial charge in [0.05, 0.1) is 17.3 Å². The number of carboxylic acids is 1. The summed E-state index contributed by atoms with van der Waals surface area (Å²) in [5.74, 6) is 3.92. The van der Waals surface area contributed by atoms with Crippen molar-refractivity contribution >= 4 is 12.0 Å². The number of hydrogen-bond donors (Lipinski definition) is 4. The molecule has 1 aromatic carbocycles. The van der Waals surface area contributed by atoms with Gasteiger partial charge in [-0.15, -0.1) is 0 Å².